The zero-order chi connectivity index (χ0) is 9.14. The van der Waals surface area contributed by atoms with Gasteiger partial charge in [-0.25, -0.2) is 4.79 Å². The zero-order valence-electron chi connectivity index (χ0n) is 6.50. The van der Waals surface area contributed by atoms with Gasteiger partial charge >= 0.3 is 6.03 Å². The first kappa shape index (κ1) is 9.35. The van der Waals surface area contributed by atoms with Gasteiger partial charge < -0.3 is 11.1 Å². The van der Waals surface area contributed by atoms with E-state index in [1.807, 2.05) is 13.0 Å². The maximum absolute atomic E-state index is 10.5. The number of thiophene rings is 1. The molecule has 0 saturated heterocycles. The fraction of sp³-hybridized carbons (Fsp3) is 0.286. The Bertz CT molecular complexity index is 287. The summed E-state index contributed by atoms with van der Waals surface area (Å²) in [5.41, 5.74) is 4.96. The van der Waals surface area contributed by atoms with Gasteiger partial charge in [0.1, 0.15) is 0 Å². The van der Waals surface area contributed by atoms with Gasteiger partial charge in [0.05, 0.1) is 10.4 Å². The molecule has 5 heteroatoms. The van der Waals surface area contributed by atoms with Crippen LogP contribution in [0, 0.1) is 0 Å². The molecule has 1 atom stereocenters. The van der Waals surface area contributed by atoms with Crippen LogP contribution in [0.4, 0.5) is 4.79 Å². The van der Waals surface area contributed by atoms with Gasteiger partial charge in [-0.05, 0) is 19.1 Å². The molecule has 0 radical (unpaired) electrons. The molecule has 3 N–H and O–H groups in total. The summed E-state index contributed by atoms with van der Waals surface area (Å²) in [5, 5.41) is 2.56. The quantitative estimate of drug-likeness (QED) is 0.762. The largest absolute Gasteiger partial charge is 0.352 e. The smallest absolute Gasteiger partial charge is 0.312 e. The summed E-state index contributed by atoms with van der Waals surface area (Å²) in [5.74, 6) is 0. The number of primary amides is 1. The van der Waals surface area contributed by atoms with Crippen molar-refractivity contribution in [1.82, 2.24) is 5.32 Å². The fourth-order valence-electron chi connectivity index (χ4n) is 0.846. The fourth-order valence-corrected chi connectivity index (χ4v) is 1.91. The van der Waals surface area contributed by atoms with E-state index in [2.05, 4.69) is 5.32 Å². The van der Waals surface area contributed by atoms with E-state index in [0.717, 1.165) is 4.88 Å². The predicted octanol–water partition coefficient (Wildman–Crippen LogP) is 2.13. The van der Waals surface area contributed by atoms with Crippen LogP contribution in [0.3, 0.4) is 0 Å². The van der Waals surface area contributed by atoms with Gasteiger partial charge in [0, 0.05) is 4.88 Å². The first-order valence-corrected chi connectivity index (χ1v) is 4.60. The molecule has 1 aromatic rings. The monoisotopic (exact) mass is 204 g/mol. The highest BCUT2D eigenvalue weighted by atomic mass is 35.5. The molecule has 0 saturated carbocycles. The van der Waals surface area contributed by atoms with Crippen LogP contribution in [0.25, 0.3) is 0 Å². The SMILES string of the molecule is C[C@@H](NC(N)=O)c1ccc(Cl)s1. The Labute approximate surface area is 79.5 Å². The maximum Gasteiger partial charge on any atom is 0.312 e. The molecule has 0 spiro atoms. The van der Waals surface area contributed by atoms with Crippen LogP contribution < -0.4 is 11.1 Å². The molecule has 0 bridgehead atoms. The first-order chi connectivity index (χ1) is 5.59. The minimum Gasteiger partial charge on any atom is -0.352 e. The van der Waals surface area contributed by atoms with Crippen molar-refractivity contribution in [2.75, 3.05) is 0 Å². The molecule has 1 rings (SSSR count). The van der Waals surface area contributed by atoms with Gasteiger partial charge in [-0.1, -0.05) is 11.6 Å². The molecular weight excluding hydrogens is 196 g/mol. The number of carbonyl (C=O) groups excluding carboxylic acids is 1. The lowest BCUT2D eigenvalue weighted by molar-refractivity contribution is 0.246. The van der Waals surface area contributed by atoms with E-state index in [0.29, 0.717) is 4.34 Å². The van der Waals surface area contributed by atoms with Crippen LogP contribution in [0.2, 0.25) is 4.34 Å². The van der Waals surface area contributed by atoms with Crippen molar-refractivity contribution < 1.29 is 4.79 Å². The highest BCUT2D eigenvalue weighted by molar-refractivity contribution is 7.16. The Morgan fingerprint density at radius 2 is 2.42 bits per heavy atom. The van der Waals surface area contributed by atoms with Crippen molar-refractivity contribution in [3.8, 4) is 0 Å². The van der Waals surface area contributed by atoms with Gasteiger partial charge in [0.25, 0.3) is 0 Å². The van der Waals surface area contributed by atoms with Crippen molar-refractivity contribution in [1.29, 1.82) is 0 Å². The Kier molecular flexibility index (Phi) is 2.94. The van der Waals surface area contributed by atoms with Gasteiger partial charge in [0.15, 0.2) is 0 Å². The van der Waals surface area contributed by atoms with Crippen LogP contribution in [0.1, 0.15) is 17.8 Å². The number of hydrogen-bond acceptors (Lipinski definition) is 2. The van der Waals surface area contributed by atoms with E-state index in [1.165, 1.54) is 11.3 Å². The van der Waals surface area contributed by atoms with Crippen LogP contribution in [-0.4, -0.2) is 6.03 Å². The van der Waals surface area contributed by atoms with Crippen LogP contribution in [0.5, 0.6) is 0 Å². The van der Waals surface area contributed by atoms with E-state index in [4.69, 9.17) is 17.3 Å². The molecule has 66 valence electrons. The molecule has 0 aromatic carbocycles. The summed E-state index contributed by atoms with van der Waals surface area (Å²) in [6.45, 7) is 1.85. The summed E-state index contributed by atoms with van der Waals surface area (Å²) >= 11 is 7.15. The summed E-state index contributed by atoms with van der Waals surface area (Å²) < 4.78 is 0.711. The first-order valence-electron chi connectivity index (χ1n) is 3.41. The van der Waals surface area contributed by atoms with Crippen LogP contribution >= 0.6 is 22.9 Å². The molecule has 0 unspecified atom stereocenters. The maximum atomic E-state index is 10.5. The van der Waals surface area contributed by atoms with Gasteiger partial charge in [-0.3, -0.25) is 0 Å². The Balaban J connectivity index is 2.64. The van der Waals surface area contributed by atoms with Crippen molar-refractivity contribution in [3.05, 3.63) is 21.3 Å². The van der Waals surface area contributed by atoms with E-state index in [1.54, 1.807) is 6.07 Å². The summed E-state index contributed by atoms with van der Waals surface area (Å²) in [6, 6.07) is 3.07. The number of hydrogen-bond donors (Lipinski definition) is 2. The molecular formula is C7H9ClN2OS. The van der Waals surface area contributed by atoms with Gasteiger partial charge in [-0.15, -0.1) is 11.3 Å². The third-order valence-corrected chi connectivity index (χ3v) is 2.79. The van der Waals surface area contributed by atoms with Crippen LogP contribution in [-0.2, 0) is 0 Å². The minimum absolute atomic E-state index is 0.0694. The molecule has 0 aliphatic heterocycles. The Morgan fingerprint density at radius 3 is 2.83 bits per heavy atom. The number of rotatable bonds is 2. The number of halogens is 1. The molecule has 1 heterocycles. The lowest BCUT2D eigenvalue weighted by Crippen LogP contribution is -2.31. The Morgan fingerprint density at radius 1 is 1.75 bits per heavy atom. The minimum atomic E-state index is -0.521. The normalized spacial score (nSPS) is 12.5. The number of nitrogens with one attached hydrogen (secondary N) is 1. The third-order valence-electron chi connectivity index (χ3n) is 1.38. The van der Waals surface area contributed by atoms with E-state index in [-0.39, 0.29) is 6.04 Å². The van der Waals surface area contributed by atoms with E-state index in [9.17, 15) is 4.79 Å². The summed E-state index contributed by atoms with van der Waals surface area (Å²) in [4.78, 5) is 11.5. The second-order valence-corrected chi connectivity index (χ2v) is 4.12. The molecule has 0 aliphatic rings. The zero-order valence-corrected chi connectivity index (χ0v) is 8.08. The van der Waals surface area contributed by atoms with Crippen LogP contribution in [0.15, 0.2) is 12.1 Å². The summed E-state index contributed by atoms with van der Waals surface area (Å²) in [7, 11) is 0. The average Bonchev–Trinajstić information content (AvgIpc) is 2.34. The van der Waals surface area contributed by atoms with Gasteiger partial charge in [0.2, 0.25) is 0 Å². The third kappa shape index (κ3) is 2.39. The van der Waals surface area contributed by atoms with Crippen molar-refractivity contribution in [3.63, 3.8) is 0 Å². The second kappa shape index (κ2) is 3.78. The summed E-state index contributed by atoms with van der Waals surface area (Å²) in [6.07, 6.45) is 0. The second-order valence-electron chi connectivity index (χ2n) is 2.37. The van der Waals surface area contributed by atoms with Crippen molar-refractivity contribution >= 4 is 29.0 Å². The number of nitrogens with two attached hydrogens (primary N) is 1. The lowest BCUT2D eigenvalue weighted by atomic mass is 10.3. The highest BCUT2D eigenvalue weighted by Crippen LogP contribution is 2.26. The average molecular weight is 205 g/mol. The lowest BCUT2D eigenvalue weighted by Gasteiger charge is -2.08. The predicted molar refractivity (Wildman–Crippen MR) is 50.5 cm³/mol. The highest BCUT2D eigenvalue weighted by Gasteiger charge is 2.08. The van der Waals surface area contributed by atoms with Crippen molar-refractivity contribution in [2.45, 2.75) is 13.0 Å². The molecule has 12 heavy (non-hydrogen) atoms. The molecule has 0 aliphatic carbocycles. The number of amides is 2. The van der Waals surface area contributed by atoms with Crippen molar-refractivity contribution in [2.24, 2.45) is 5.73 Å². The standard InChI is InChI=1S/C7H9ClN2OS/c1-4(10-7(9)11)5-2-3-6(8)12-5/h2-4H,1H3,(H3,9,10,11)/t4-/m1/s1. The molecule has 2 amide bonds. The van der Waals surface area contributed by atoms with Gasteiger partial charge in [-0.2, -0.15) is 0 Å². The Hall–Kier alpha value is -0.740. The molecule has 0 fully saturated rings. The van der Waals surface area contributed by atoms with E-state index < -0.39 is 6.03 Å². The number of urea groups is 1. The number of carbonyl (C=O) groups is 1. The molecule has 3 nitrogen and oxygen atoms in total. The molecule has 1 aromatic heterocycles. The van der Waals surface area contributed by atoms with E-state index >= 15 is 0 Å². The topological polar surface area (TPSA) is 55.1 Å².